The lowest BCUT2D eigenvalue weighted by atomic mass is 9.82. The molecule has 2 heterocycles. The molecule has 0 saturated carbocycles. The average Bonchev–Trinajstić information content (AvgIpc) is 2.99. The summed E-state index contributed by atoms with van der Waals surface area (Å²) < 4.78 is 16.1. The van der Waals surface area contributed by atoms with Gasteiger partial charge in [0.15, 0.2) is 6.29 Å². The monoisotopic (exact) mass is 390 g/mol. The number of fused-ring (bicyclic) bond motifs is 1. The van der Waals surface area contributed by atoms with Crippen LogP contribution in [0.25, 0.3) is 0 Å². The smallest absolute Gasteiger partial charge is 0.335 e. The van der Waals surface area contributed by atoms with Gasteiger partial charge in [-0.1, -0.05) is 6.08 Å². The van der Waals surface area contributed by atoms with Crippen LogP contribution in [0.2, 0.25) is 0 Å². The SMILES string of the molecule is O=C(O)C1=CO[C@H](O[C@@H]2O[C@H](CO)[C@@H](O)[C@H](O)[C@H]2O)[C@@H]2C(CO)=C[C@H](O)[C@@H]12. The lowest BCUT2D eigenvalue weighted by Gasteiger charge is -2.43. The highest BCUT2D eigenvalue weighted by molar-refractivity contribution is 5.87. The molecule has 0 aromatic heterocycles. The zero-order valence-corrected chi connectivity index (χ0v) is 14.0. The van der Waals surface area contributed by atoms with Gasteiger partial charge in [0.05, 0.1) is 37.1 Å². The summed E-state index contributed by atoms with van der Waals surface area (Å²) in [6.07, 6.45) is -7.83. The van der Waals surface area contributed by atoms with E-state index < -0.39 is 74.1 Å². The van der Waals surface area contributed by atoms with Gasteiger partial charge in [-0.15, -0.1) is 0 Å². The van der Waals surface area contributed by atoms with Gasteiger partial charge >= 0.3 is 5.97 Å². The number of ether oxygens (including phenoxy) is 3. The predicted octanol–water partition coefficient (Wildman–Crippen LogP) is -3.35. The number of aliphatic hydroxyl groups is 6. The Bertz CT molecular complexity index is 630. The van der Waals surface area contributed by atoms with Crippen LogP contribution in [0.1, 0.15) is 0 Å². The lowest BCUT2D eigenvalue weighted by molar-refractivity contribution is -0.340. The number of aliphatic carboxylic acids is 1. The number of carbonyl (C=O) groups is 1. The van der Waals surface area contributed by atoms with E-state index in [0.717, 1.165) is 6.26 Å². The Hall–Kier alpha value is -1.57. The first-order valence-corrected chi connectivity index (χ1v) is 8.34. The van der Waals surface area contributed by atoms with E-state index in [-0.39, 0.29) is 11.1 Å². The molecule has 2 aliphatic heterocycles. The Morgan fingerprint density at radius 3 is 2.33 bits per heavy atom. The van der Waals surface area contributed by atoms with Gasteiger partial charge in [0.25, 0.3) is 0 Å². The summed E-state index contributed by atoms with van der Waals surface area (Å²) >= 11 is 0. The Morgan fingerprint density at radius 2 is 1.74 bits per heavy atom. The molecule has 3 aliphatic rings. The van der Waals surface area contributed by atoms with Crippen LogP contribution in [-0.2, 0) is 19.0 Å². The zero-order valence-electron chi connectivity index (χ0n) is 14.0. The normalized spacial score (nSPS) is 44.1. The number of hydrogen-bond donors (Lipinski definition) is 7. The molecule has 0 unspecified atom stereocenters. The highest BCUT2D eigenvalue weighted by Crippen LogP contribution is 2.44. The molecule has 0 aromatic carbocycles. The van der Waals surface area contributed by atoms with Crippen molar-refractivity contribution in [3.05, 3.63) is 23.5 Å². The minimum absolute atomic E-state index is 0.208. The van der Waals surface area contributed by atoms with E-state index in [0.29, 0.717) is 0 Å². The van der Waals surface area contributed by atoms with Gasteiger partial charge in [-0.05, 0) is 5.57 Å². The summed E-state index contributed by atoms with van der Waals surface area (Å²) in [4.78, 5) is 11.4. The molecule has 7 N–H and O–H groups in total. The number of aliphatic hydroxyl groups excluding tert-OH is 6. The van der Waals surface area contributed by atoms with Crippen LogP contribution in [0.3, 0.4) is 0 Å². The third kappa shape index (κ3) is 3.48. The first kappa shape index (κ1) is 20.2. The Kier molecular flexibility index (Phi) is 5.84. The molecule has 0 bridgehead atoms. The second kappa shape index (κ2) is 7.81. The van der Waals surface area contributed by atoms with Crippen LogP contribution in [0.4, 0.5) is 0 Å². The van der Waals surface area contributed by atoms with Gasteiger partial charge in [-0.3, -0.25) is 0 Å². The molecular weight excluding hydrogens is 368 g/mol. The number of rotatable bonds is 5. The summed E-state index contributed by atoms with van der Waals surface area (Å²) in [5.74, 6) is -3.13. The van der Waals surface area contributed by atoms with Crippen molar-refractivity contribution >= 4 is 5.97 Å². The van der Waals surface area contributed by atoms with Crippen molar-refractivity contribution < 1.29 is 54.8 Å². The minimum Gasteiger partial charge on any atom is -0.478 e. The largest absolute Gasteiger partial charge is 0.478 e. The van der Waals surface area contributed by atoms with Gasteiger partial charge in [0.1, 0.15) is 24.4 Å². The van der Waals surface area contributed by atoms with Crippen molar-refractivity contribution in [2.45, 2.75) is 43.1 Å². The van der Waals surface area contributed by atoms with E-state index in [1.54, 1.807) is 0 Å². The van der Waals surface area contributed by atoms with Crippen molar-refractivity contribution in [1.82, 2.24) is 0 Å². The second-order valence-corrected chi connectivity index (χ2v) is 6.66. The van der Waals surface area contributed by atoms with Crippen molar-refractivity contribution in [3.8, 4) is 0 Å². The van der Waals surface area contributed by atoms with Crippen LogP contribution >= 0.6 is 0 Å². The van der Waals surface area contributed by atoms with Gasteiger partial charge in [-0.25, -0.2) is 4.79 Å². The maximum absolute atomic E-state index is 11.4. The molecular formula is C16H22O11. The van der Waals surface area contributed by atoms with Crippen LogP contribution in [0, 0.1) is 11.8 Å². The van der Waals surface area contributed by atoms with E-state index in [1.165, 1.54) is 6.08 Å². The van der Waals surface area contributed by atoms with Crippen LogP contribution in [0.15, 0.2) is 23.5 Å². The first-order chi connectivity index (χ1) is 12.8. The molecule has 0 aromatic rings. The molecule has 1 saturated heterocycles. The lowest BCUT2D eigenvalue weighted by Crippen LogP contribution is -2.60. The summed E-state index contributed by atoms with van der Waals surface area (Å²) in [7, 11) is 0. The Balaban J connectivity index is 1.84. The fraction of sp³-hybridized carbons (Fsp3) is 0.688. The summed E-state index contributed by atoms with van der Waals surface area (Å²) in [6.45, 7) is -1.13. The summed E-state index contributed by atoms with van der Waals surface area (Å²) in [5.41, 5.74) is 0.0785. The molecule has 1 aliphatic carbocycles. The Morgan fingerprint density at radius 1 is 1.04 bits per heavy atom. The first-order valence-electron chi connectivity index (χ1n) is 8.34. The molecule has 3 rings (SSSR count). The minimum atomic E-state index is -1.68. The number of hydrogen-bond acceptors (Lipinski definition) is 10. The second-order valence-electron chi connectivity index (χ2n) is 6.66. The van der Waals surface area contributed by atoms with Gasteiger partial charge < -0.3 is 50.0 Å². The van der Waals surface area contributed by atoms with E-state index in [4.69, 9.17) is 14.2 Å². The Labute approximate surface area is 153 Å². The summed E-state index contributed by atoms with van der Waals surface area (Å²) in [5, 5.41) is 68.0. The van der Waals surface area contributed by atoms with Crippen LogP contribution < -0.4 is 0 Å². The van der Waals surface area contributed by atoms with E-state index in [9.17, 15) is 40.5 Å². The summed E-state index contributed by atoms with van der Waals surface area (Å²) in [6, 6.07) is 0. The third-order valence-corrected chi connectivity index (χ3v) is 5.10. The maximum atomic E-state index is 11.4. The van der Waals surface area contributed by atoms with E-state index in [1.807, 2.05) is 0 Å². The van der Waals surface area contributed by atoms with Gasteiger partial charge in [0, 0.05) is 5.92 Å². The predicted molar refractivity (Wildman–Crippen MR) is 83.6 cm³/mol. The van der Waals surface area contributed by atoms with Crippen LogP contribution in [0.5, 0.6) is 0 Å². The molecule has 0 radical (unpaired) electrons. The van der Waals surface area contributed by atoms with Gasteiger partial charge in [-0.2, -0.15) is 0 Å². The number of carboxylic acids is 1. The van der Waals surface area contributed by atoms with Crippen molar-refractivity contribution in [3.63, 3.8) is 0 Å². The molecule has 0 amide bonds. The fourth-order valence-corrected chi connectivity index (χ4v) is 3.68. The maximum Gasteiger partial charge on any atom is 0.335 e. The fourth-order valence-electron chi connectivity index (χ4n) is 3.68. The molecule has 1 fully saturated rings. The molecule has 11 heteroatoms. The average molecular weight is 390 g/mol. The third-order valence-electron chi connectivity index (χ3n) is 5.10. The van der Waals surface area contributed by atoms with Crippen molar-refractivity contribution in [1.29, 1.82) is 0 Å². The van der Waals surface area contributed by atoms with Crippen molar-refractivity contribution in [2.75, 3.05) is 13.2 Å². The number of carboxylic acid groups (broad SMARTS) is 1. The standard InChI is InChI=1S/C16H22O11/c17-2-5-1-7(19)10-6(14(23)24)4-25-15(9(5)10)27-16-13(22)12(21)11(20)8(3-18)26-16/h1,4,7-13,15-22H,2-3H2,(H,23,24)/t7-,8+,9+,10+,11+,12-,13+,15+,16-/m0/s1. The topological polar surface area (TPSA) is 186 Å². The van der Waals surface area contributed by atoms with Gasteiger partial charge in [0.2, 0.25) is 6.29 Å². The van der Waals surface area contributed by atoms with E-state index in [2.05, 4.69) is 0 Å². The molecule has 11 nitrogen and oxygen atoms in total. The highest BCUT2D eigenvalue weighted by atomic mass is 16.8. The highest BCUT2D eigenvalue weighted by Gasteiger charge is 2.51. The zero-order chi connectivity index (χ0) is 19.9. The van der Waals surface area contributed by atoms with E-state index >= 15 is 0 Å². The quantitative estimate of drug-likeness (QED) is 0.233. The molecule has 27 heavy (non-hydrogen) atoms. The molecule has 9 atom stereocenters. The molecule has 0 spiro atoms. The molecule has 152 valence electrons. The van der Waals surface area contributed by atoms with Crippen molar-refractivity contribution in [2.24, 2.45) is 11.8 Å². The van der Waals surface area contributed by atoms with Crippen LogP contribution in [-0.4, -0.2) is 98.0 Å².